The van der Waals surface area contributed by atoms with Crippen LogP contribution in [0.1, 0.15) is 10.4 Å². The number of hydrogen-bond donors (Lipinski definition) is 3. The molecule has 2 aromatic carbocycles. The van der Waals surface area contributed by atoms with Gasteiger partial charge in [-0.05, 0) is 30.3 Å². The quantitative estimate of drug-likeness (QED) is 0.640. The number of carboxylic acids is 1. The van der Waals surface area contributed by atoms with Gasteiger partial charge in [0.15, 0.2) is 0 Å². The van der Waals surface area contributed by atoms with Crippen LogP contribution in [0, 0.1) is 0 Å². The maximum atomic E-state index is 11.0. The van der Waals surface area contributed by atoms with Gasteiger partial charge in [0.1, 0.15) is 0 Å². The molecule has 114 valence electrons. The maximum absolute atomic E-state index is 11.0. The van der Waals surface area contributed by atoms with Crippen molar-refractivity contribution in [1.82, 2.24) is 9.97 Å². The van der Waals surface area contributed by atoms with Gasteiger partial charge in [-0.3, -0.25) is 0 Å². The number of nitrogens with two attached hydrogens (primary N) is 1. The minimum Gasteiger partial charge on any atom is -0.478 e. The first-order chi connectivity index (χ1) is 11.1. The number of aromatic carboxylic acids is 1. The lowest BCUT2D eigenvalue weighted by molar-refractivity contribution is 0.0697. The molecule has 0 aliphatic carbocycles. The fourth-order valence-electron chi connectivity index (χ4n) is 2.16. The Balaban J connectivity index is 1.90. The second-order valence-corrected chi connectivity index (χ2v) is 4.86. The smallest absolute Gasteiger partial charge is 0.335 e. The summed E-state index contributed by atoms with van der Waals surface area (Å²) in [5, 5.41) is 12.0. The molecule has 6 nitrogen and oxygen atoms in total. The number of carbonyl (C=O) groups is 1. The first-order valence-electron chi connectivity index (χ1n) is 6.92. The van der Waals surface area contributed by atoms with Crippen LogP contribution in [-0.2, 0) is 0 Å². The number of carboxylic acid groups (broad SMARTS) is 1. The maximum Gasteiger partial charge on any atom is 0.335 e. The van der Waals surface area contributed by atoms with Crippen LogP contribution >= 0.6 is 0 Å². The van der Waals surface area contributed by atoms with Crippen molar-refractivity contribution in [2.75, 3.05) is 11.1 Å². The Morgan fingerprint density at radius 3 is 2.70 bits per heavy atom. The molecule has 6 heteroatoms. The average molecular weight is 306 g/mol. The number of rotatable bonds is 4. The van der Waals surface area contributed by atoms with Gasteiger partial charge in [0, 0.05) is 23.1 Å². The van der Waals surface area contributed by atoms with E-state index in [0.717, 1.165) is 5.56 Å². The van der Waals surface area contributed by atoms with E-state index in [9.17, 15) is 4.79 Å². The first-order valence-corrected chi connectivity index (χ1v) is 6.92. The topological polar surface area (TPSA) is 101 Å². The Kier molecular flexibility index (Phi) is 3.88. The second-order valence-electron chi connectivity index (χ2n) is 4.86. The van der Waals surface area contributed by atoms with Crippen molar-refractivity contribution in [3.05, 3.63) is 66.4 Å². The number of benzene rings is 2. The minimum absolute atomic E-state index is 0.193. The third-order valence-corrected chi connectivity index (χ3v) is 3.26. The van der Waals surface area contributed by atoms with Gasteiger partial charge in [-0.1, -0.05) is 24.3 Å². The molecule has 0 fully saturated rings. The molecule has 3 rings (SSSR count). The van der Waals surface area contributed by atoms with Gasteiger partial charge >= 0.3 is 5.97 Å². The summed E-state index contributed by atoms with van der Waals surface area (Å²) in [7, 11) is 0. The zero-order chi connectivity index (χ0) is 16.2. The summed E-state index contributed by atoms with van der Waals surface area (Å²) < 4.78 is 0. The molecule has 4 N–H and O–H groups in total. The number of nitrogens with one attached hydrogen (secondary N) is 1. The predicted molar refractivity (Wildman–Crippen MR) is 88.6 cm³/mol. The minimum atomic E-state index is -0.986. The Bertz CT molecular complexity index is 864. The van der Waals surface area contributed by atoms with Gasteiger partial charge < -0.3 is 16.2 Å². The zero-order valence-corrected chi connectivity index (χ0v) is 12.1. The number of nitrogen functional groups attached to an aromatic ring is 1. The van der Waals surface area contributed by atoms with Gasteiger partial charge in [-0.2, -0.15) is 0 Å². The van der Waals surface area contributed by atoms with Crippen molar-refractivity contribution in [3.8, 4) is 11.3 Å². The standard InChI is InChI=1S/C17H14N4O2/c18-14-7-2-1-6-13(14)15-8-9-19-17(21-15)20-12-5-3-4-11(10-12)16(22)23/h1-10H,18H2,(H,22,23)(H,19,20,21). The third-order valence-electron chi connectivity index (χ3n) is 3.26. The van der Waals surface area contributed by atoms with E-state index < -0.39 is 5.97 Å². The predicted octanol–water partition coefficient (Wildman–Crippen LogP) is 3.17. The lowest BCUT2D eigenvalue weighted by atomic mass is 10.1. The van der Waals surface area contributed by atoms with Crippen LogP contribution in [0.5, 0.6) is 0 Å². The lowest BCUT2D eigenvalue weighted by Gasteiger charge is -2.08. The number of hydrogen-bond acceptors (Lipinski definition) is 5. The Hall–Kier alpha value is -3.41. The van der Waals surface area contributed by atoms with E-state index in [2.05, 4.69) is 15.3 Å². The number of para-hydroxylation sites is 1. The molecular weight excluding hydrogens is 292 g/mol. The van der Waals surface area contributed by atoms with Gasteiger partial charge in [0.2, 0.25) is 5.95 Å². The molecule has 3 aromatic rings. The summed E-state index contributed by atoms with van der Waals surface area (Å²) in [6, 6.07) is 15.7. The largest absolute Gasteiger partial charge is 0.478 e. The van der Waals surface area contributed by atoms with E-state index >= 15 is 0 Å². The SMILES string of the molecule is Nc1ccccc1-c1ccnc(Nc2cccc(C(=O)O)c2)n1. The zero-order valence-electron chi connectivity index (χ0n) is 12.1. The van der Waals surface area contributed by atoms with Crippen LogP contribution in [0.25, 0.3) is 11.3 Å². The third kappa shape index (κ3) is 3.26. The lowest BCUT2D eigenvalue weighted by Crippen LogP contribution is -2.01. The van der Waals surface area contributed by atoms with Gasteiger partial charge in [0.25, 0.3) is 0 Å². The highest BCUT2D eigenvalue weighted by Crippen LogP contribution is 2.24. The van der Waals surface area contributed by atoms with E-state index in [1.54, 1.807) is 30.5 Å². The summed E-state index contributed by atoms with van der Waals surface area (Å²) in [5.74, 6) is -0.617. The molecule has 0 saturated heterocycles. The van der Waals surface area contributed by atoms with E-state index in [4.69, 9.17) is 10.8 Å². The molecule has 0 amide bonds. The molecule has 0 bridgehead atoms. The molecule has 0 aliphatic rings. The highest BCUT2D eigenvalue weighted by molar-refractivity contribution is 5.89. The van der Waals surface area contributed by atoms with Crippen molar-refractivity contribution in [3.63, 3.8) is 0 Å². The summed E-state index contributed by atoms with van der Waals surface area (Å²) in [6.07, 6.45) is 1.62. The van der Waals surface area contributed by atoms with Crippen LogP contribution in [0.15, 0.2) is 60.8 Å². The Labute approximate surface area is 132 Å². The molecule has 0 spiro atoms. The van der Waals surface area contributed by atoms with Crippen LogP contribution in [0.3, 0.4) is 0 Å². The summed E-state index contributed by atoms with van der Waals surface area (Å²) in [5.41, 5.74) is 8.89. The van der Waals surface area contributed by atoms with Gasteiger partial charge in [-0.15, -0.1) is 0 Å². The van der Waals surface area contributed by atoms with E-state index in [1.165, 1.54) is 12.1 Å². The Morgan fingerprint density at radius 2 is 1.91 bits per heavy atom. The van der Waals surface area contributed by atoms with E-state index in [-0.39, 0.29) is 5.56 Å². The molecule has 0 unspecified atom stereocenters. The highest BCUT2D eigenvalue weighted by atomic mass is 16.4. The molecule has 0 saturated carbocycles. The van der Waals surface area contributed by atoms with Crippen molar-refractivity contribution < 1.29 is 9.90 Å². The van der Waals surface area contributed by atoms with E-state index in [1.807, 2.05) is 18.2 Å². The van der Waals surface area contributed by atoms with Crippen LogP contribution in [0.4, 0.5) is 17.3 Å². The molecule has 1 heterocycles. The van der Waals surface area contributed by atoms with Crippen molar-refractivity contribution >= 4 is 23.3 Å². The molecular formula is C17H14N4O2. The van der Waals surface area contributed by atoms with Crippen molar-refractivity contribution in [1.29, 1.82) is 0 Å². The van der Waals surface area contributed by atoms with Crippen LogP contribution in [0.2, 0.25) is 0 Å². The number of nitrogens with zero attached hydrogens (tertiary/aromatic N) is 2. The average Bonchev–Trinajstić information content (AvgIpc) is 2.56. The summed E-state index contributed by atoms with van der Waals surface area (Å²) in [4.78, 5) is 19.6. The van der Waals surface area contributed by atoms with Gasteiger partial charge in [-0.25, -0.2) is 14.8 Å². The van der Waals surface area contributed by atoms with Gasteiger partial charge in [0.05, 0.1) is 11.3 Å². The van der Waals surface area contributed by atoms with Crippen LogP contribution < -0.4 is 11.1 Å². The second kappa shape index (κ2) is 6.15. The summed E-state index contributed by atoms with van der Waals surface area (Å²) in [6.45, 7) is 0. The fraction of sp³-hybridized carbons (Fsp3) is 0. The molecule has 0 radical (unpaired) electrons. The fourth-order valence-corrected chi connectivity index (χ4v) is 2.16. The molecule has 23 heavy (non-hydrogen) atoms. The Morgan fingerprint density at radius 1 is 1.09 bits per heavy atom. The molecule has 0 atom stereocenters. The highest BCUT2D eigenvalue weighted by Gasteiger charge is 2.07. The normalized spacial score (nSPS) is 10.3. The number of anilines is 3. The molecule has 1 aromatic heterocycles. The first kappa shape index (κ1) is 14.5. The van der Waals surface area contributed by atoms with E-state index in [0.29, 0.717) is 23.0 Å². The number of aromatic nitrogens is 2. The van der Waals surface area contributed by atoms with Crippen molar-refractivity contribution in [2.45, 2.75) is 0 Å². The molecule has 0 aliphatic heterocycles. The van der Waals surface area contributed by atoms with Crippen molar-refractivity contribution in [2.24, 2.45) is 0 Å². The summed E-state index contributed by atoms with van der Waals surface area (Å²) >= 11 is 0. The monoisotopic (exact) mass is 306 g/mol. The van der Waals surface area contributed by atoms with Crippen LogP contribution in [-0.4, -0.2) is 21.0 Å².